The molecule has 0 aliphatic heterocycles. The van der Waals surface area contributed by atoms with Gasteiger partial charge in [-0.25, -0.2) is 4.79 Å². The number of amides is 3. The van der Waals surface area contributed by atoms with E-state index >= 15 is 0 Å². The van der Waals surface area contributed by atoms with Crippen molar-refractivity contribution in [3.05, 3.63) is 23.8 Å². The number of hydrogen-bond acceptors (Lipinski definition) is 5. The standard InChI is InChI=1S/C21H29N3O5/c1-13(20(27)24-17-8-6-4-5-7-9-17)29-21(28)16-10-18(22-14(2)25)12-19(11-16)23-15(3)26/h10-13,17H,4-9H2,1-3H3,(H,22,25)(H,23,26)(H,24,27)/t13-/m0/s1. The molecule has 0 saturated heterocycles. The van der Waals surface area contributed by atoms with Gasteiger partial charge in [0.2, 0.25) is 11.8 Å². The molecular formula is C21H29N3O5. The molecule has 0 heterocycles. The zero-order valence-corrected chi connectivity index (χ0v) is 17.2. The van der Waals surface area contributed by atoms with Gasteiger partial charge in [0.15, 0.2) is 6.10 Å². The van der Waals surface area contributed by atoms with Crippen molar-refractivity contribution in [2.24, 2.45) is 0 Å². The summed E-state index contributed by atoms with van der Waals surface area (Å²) in [6, 6.07) is 4.51. The van der Waals surface area contributed by atoms with Gasteiger partial charge in [0.25, 0.3) is 5.91 Å². The van der Waals surface area contributed by atoms with E-state index in [9.17, 15) is 19.2 Å². The highest BCUT2D eigenvalue weighted by Gasteiger charge is 2.23. The molecule has 1 saturated carbocycles. The molecule has 1 aromatic rings. The van der Waals surface area contributed by atoms with Crippen molar-refractivity contribution >= 4 is 35.1 Å². The summed E-state index contributed by atoms with van der Waals surface area (Å²) in [6.45, 7) is 4.20. The molecule has 3 amide bonds. The molecular weight excluding hydrogens is 374 g/mol. The van der Waals surface area contributed by atoms with E-state index in [0.717, 1.165) is 25.7 Å². The van der Waals surface area contributed by atoms with E-state index in [2.05, 4.69) is 16.0 Å². The fourth-order valence-corrected chi connectivity index (χ4v) is 3.32. The molecule has 1 fully saturated rings. The minimum absolute atomic E-state index is 0.112. The fraction of sp³-hybridized carbons (Fsp3) is 0.524. The first kappa shape index (κ1) is 22.4. The van der Waals surface area contributed by atoms with Crippen molar-refractivity contribution in [3.8, 4) is 0 Å². The second-order valence-corrected chi connectivity index (χ2v) is 7.41. The number of anilines is 2. The third-order valence-electron chi connectivity index (χ3n) is 4.66. The van der Waals surface area contributed by atoms with E-state index in [1.807, 2.05) is 0 Å². The summed E-state index contributed by atoms with van der Waals surface area (Å²) >= 11 is 0. The van der Waals surface area contributed by atoms with Crippen LogP contribution in [0.3, 0.4) is 0 Å². The Hall–Kier alpha value is -2.90. The summed E-state index contributed by atoms with van der Waals surface area (Å²) in [5.41, 5.74) is 0.798. The van der Waals surface area contributed by atoms with Crippen LogP contribution in [-0.2, 0) is 19.1 Å². The second kappa shape index (κ2) is 10.6. The Balaban J connectivity index is 2.06. The highest BCUT2D eigenvalue weighted by Crippen LogP contribution is 2.21. The van der Waals surface area contributed by atoms with E-state index in [4.69, 9.17) is 4.74 Å². The van der Waals surface area contributed by atoms with Crippen molar-refractivity contribution < 1.29 is 23.9 Å². The van der Waals surface area contributed by atoms with E-state index in [0.29, 0.717) is 11.4 Å². The topological polar surface area (TPSA) is 114 Å². The van der Waals surface area contributed by atoms with Crippen molar-refractivity contribution in [1.82, 2.24) is 5.32 Å². The maximum absolute atomic E-state index is 12.6. The number of hydrogen-bond donors (Lipinski definition) is 3. The Kier molecular flexibility index (Phi) is 8.18. The molecule has 2 rings (SSSR count). The van der Waals surface area contributed by atoms with Crippen molar-refractivity contribution in [2.75, 3.05) is 10.6 Å². The van der Waals surface area contributed by atoms with Gasteiger partial charge in [-0.2, -0.15) is 0 Å². The normalized spacial score (nSPS) is 15.6. The van der Waals surface area contributed by atoms with E-state index in [1.54, 1.807) is 0 Å². The van der Waals surface area contributed by atoms with Crippen LogP contribution in [0.2, 0.25) is 0 Å². The number of esters is 1. The molecule has 8 nitrogen and oxygen atoms in total. The van der Waals surface area contributed by atoms with Crippen LogP contribution in [0.1, 0.15) is 69.7 Å². The number of carbonyl (C=O) groups excluding carboxylic acids is 4. The van der Waals surface area contributed by atoms with Gasteiger partial charge in [-0.3, -0.25) is 14.4 Å². The number of rotatable bonds is 6. The number of nitrogens with one attached hydrogen (secondary N) is 3. The molecule has 29 heavy (non-hydrogen) atoms. The molecule has 158 valence electrons. The lowest BCUT2D eigenvalue weighted by molar-refractivity contribution is -0.130. The lowest BCUT2D eigenvalue weighted by Gasteiger charge is -2.20. The minimum atomic E-state index is -0.959. The largest absolute Gasteiger partial charge is 0.449 e. The predicted octanol–water partition coefficient (Wildman–Crippen LogP) is 2.99. The van der Waals surface area contributed by atoms with Gasteiger partial charge in [-0.1, -0.05) is 25.7 Å². The van der Waals surface area contributed by atoms with Crippen molar-refractivity contribution in [2.45, 2.75) is 71.4 Å². The lowest BCUT2D eigenvalue weighted by atomic mass is 10.1. The van der Waals surface area contributed by atoms with Crippen LogP contribution in [-0.4, -0.2) is 35.8 Å². The smallest absolute Gasteiger partial charge is 0.339 e. The van der Waals surface area contributed by atoms with Gasteiger partial charge in [0.05, 0.1) is 5.56 Å². The van der Waals surface area contributed by atoms with Crippen LogP contribution < -0.4 is 16.0 Å². The Bertz CT molecular complexity index is 735. The summed E-state index contributed by atoms with van der Waals surface area (Å²) in [7, 11) is 0. The van der Waals surface area contributed by atoms with Crippen LogP contribution in [0.15, 0.2) is 18.2 Å². The molecule has 1 aliphatic rings. The molecule has 1 aromatic carbocycles. The number of benzene rings is 1. The summed E-state index contributed by atoms with van der Waals surface area (Å²) in [5, 5.41) is 8.11. The lowest BCUT2D eigenvalue weighted by Crippen LogP contribution is -2.41. The monoisotopic (exact) mass is 403 g/mol. The Morgan fingerprint density at radius 1 is 0.897 bits per heavy atom. The second-order valence-electron chi connectivity index (χ2n) is 7.41. The molecule has 1 atom stereocenters. The zero-order chi connectivity index (χ0) is 21.4. The minimum Gasteiger partial charge on any atom is -0.449 e. The van der Waals surface area contributed by atoms with E-state index in [1.165, 1.54) is 51.8 Å². The molecule has 0 aromatic heterocycles. The average Bonchev–Trinajstić information content (AvgIpc) is 2.88. The average molecular weight is 403 g/mol. The maximum atomic E-state index is 12.6. The number of ether oxygens (including phenoxy) is 1. The molecule has 1 aliphatic carbocycles. The molecule has 0 bridgehead atoms. The quantitative estimate of drug-likeness (QED) is 0.499. The van der Waals surface area contributed by atoms with Gasteiger partial charge in [0, 0.05) is 31.3 Å². The highest BCUT2D eigenvalue weighted by atomic mass is 16.5. The van der Waals surface area contributed by atoms with E-state index in [-0.39, 0.29) is 29.3 Å². The highest BCUT2D eigenvalue weighted by molar-refractivity contribution is 5.98. The maximum Gasteiger partial charge on any atom is 0.339 e. The summed E-state index contributed by atoms with van der Waals surface area (Å²) in [4.78, 5) is 47.6. The summed E-state index contributed by atoms with van der Waals surface area (Å²) < 4.78 is 5.31. The molecule has 0 radical (unpaired) electrons. The first-order chi connectivity index (χ1) is 13.7. The van der Waals surface area contributed by atoms with Gasteiger partial charge >= 0.3 is 5.97 Å². The van der Waals surface area contributed by atoms with Crippen molar-refractivity contribution in [1.29, 1.82) is 0 Å². The first-order valence-electron chi connectivity index (χ1n) is 9.96. The Labute approximate surface area is 170 Å². The van der Waals surface area contributed by atoms with Crippen LogP contribution in [0.25, 0.3) is 0 Å². The van der Waals surface area contributed by atoms with E-state index < -0.39 is 12.1 Å². The van der Waals surface area contributed by atoms with Gasteiger partial charge in [-0.05, 0) is 38.0 Å². The first-order valence-corrected chi connectivity index (χ1v) is 9.96. The van der Waals surface area contributed by atoms with Crippen LogP contribution in [0, 0.1) is 0 Å². The molecule has 0 spiro atoms. The third kappa shape index (κ3) is 7.56. The molecule has 0 unspecified atom stereocenters. The van der Waals surface area contributed by atoms with Crippen LogP contribution in [0.5, 0.6) is 0 Å². The van der Waals surface area contributed by atoms with Gasteiger partial charge in [0.1, 0.15) is 0 Å². The third-order valence-corrected chi connectivity index (χ3v) is 4.66. The van der Waals surface area contributed by atoms with Crippen molar-refractivity contribution in [3.63, 3.8) is 0 Å². The molecule has 8 heteroatoms. The number of carbonyl (C=O) groups is 4. The molecule has 3 N–H and O–H groups in total. The Morgan fingerprint density at radius 3 is 1.90 bits per heavy atom. The van der Waals surface area contributed by atoms with Crippen LogP contribution >= 0.6 is 0 Å². The zero-order valence-electron chi connectivity index (χ0n) is 17.2. The van der Waals surface area contributed by atoms with Crippen LogP contribution in [0.4, 0.5) is 11.4 Å². The summed E-state index contributed by atoms with van der Waals surface area (Å²) in [6.07, 6.45) is 5.44. The van der Waals surface area contributed by atoms with Gasteiger partial charge in [-0.15, -0.1) is 0 Å². The summed E-state index contributed by atoms with van der Waals surface area (Å²) in [5.74, 6) is -1.68. The van der Waals surface area contributed by atoms with Gasteiger partial charge < -0.3 is 20.7 Å². The Morgan fingerprint density at radius 2 is 1.41 bits per heavy atom. The fourth-order valence-electron chi connectivity index (χ4n) is 3.32. The predicted molar refractivity (Wildman–Crippen MR) is 110 cm³/mol. The SMILES string of the molecule is CC(=O)Nc1cc(NC(C)=O)cc(C(=O)O[C@@H](C)C(=O)NC2CCCCCC2)c1.